The van der Waals surface area contributed by atoms with Crippen molar-refractivity contribution < 1.29 is 9.53 Å². The van der Waals surface area contributed by atoms with Gasteiger partial charge in [-0.25, -0.2) is 4.98 Å². The monoisotopic (exact) mass is 333 g/mol. The maximum Gasteiger partial charge on any atom is 0.269 e. The van der Waals surface area contributed by atoms with Gasteiger partial charge in [0.05, 0.1) is 12.8 Å². The van der Waals surface area contributed by atoms with E-state index in [4.69, 9.17) is 4.74 Å². The molecule has 134 valence electrons. The number of pyridine rings is 1. The molecule has 1 N–H and O–H groups in total. The topological polar surface area (TPSA) is 54.5 Å². The highest BCUT2D eigenvalue weighted by molar-refractivity contribution is 5.91. The van der Waals surface area contributed by atoms with Gasteiger partial charge >= 0.3 is 0 Å². The molecule has 0 aromatic carbocycles. The van der Waals surface area contributed by atoms with Crippen LogP contribution in [0.2, 0.25) is 0 Å². The summed E-state index contributed by atoms with van der Waals surface area (Å²) in [5.74, 6) is 1.32. The number of rotatable bonds is 6. The van der Waals surface area contributed by atoms with Gasteiger partial charge in [-0.2, -0.15) is 0 Å². The summed E-state index contributed by atoms with van der Waals surface area (Å²) in [5, 5.41) is 2.56. The van der Waals surface area contributed by atoms with Crippen molar-refractivity contribution in [1.82, 2.24) is 15.2 Å². The van der Waals surface area contributed by atoms with Crippen molar-refractivity contribution in [1.29, 1.82) is 0 Å². The van der Waals surface area contributed by atoms with E-state index < -0.39 is 0 Å². The average molecular weight is 333 g/mol. The zero-order valence-corrected chi connectivity index (χ0v) is 15.5. The summed E-state index contributed by atoms with van der Waals surface area (Å²) in [4.78, 5) is 18.1. The van der Waals surface area contributed by atoms with E-state index in [9.17, 15) is 4.79 Å². The van der Waals surface area contributed by atoms with Crippen LogP contribution in [0.15, 0.2) is 18.3 Å². The number of ether oxygens (including phenoxy) is 1. The zero-order chi connectivity index (χ0) is 17.6. The third-order valence-corrected chi connectivity index (χ3v) is 4.81. The van der Waals surface area contributed by atoms with Crippen LogP contribution in [-0.4, -0.2) is 49.1 Å². The lowest BCUT2D eigenvalue weighted by Gasteiger charge is -2.39. The summed E-state index contributed by atoms with van der Waals surface area (Å²) in [7, 11) is 1.60. The second kappa shape index (κ2) is 8.47. The molecule has 2 rings (SSSR count). The van der Waals surface area contributed by atoms with Crippen LogP contribution in [-0.2, 0) is 0 Å². The van der Waals surface area contributed by atoms with Gasteiger partial charge in [0, 0.05) is 20.1 Å². The van der Waals surface area contributed by atoms with Gasteiger partial charge in [-0.3, -0.25) is 4.79 Å². The Hall–Kier alpha value is -1.62. The number of nitrogens with one attached hydrogen (secondary N) is 1. The zero-order valence-electron chi connectivity index (χ0n) is 15.5. The van der Waals surface area contributed by atoms with E-state index in [0.29, 0.717) is 23.5 Å². The highest BCUT2D eigenvalue weighted by Crippen LogP contribution is 2.33. The smallest absolute Gasteiger partial charge is 0.269 e. The minimum absolute atomic E-state index is 0.181. The van der Waals surface area contributed by atoms with Gasteiger partial charge in [-0.15, -0.1) is 0 Å². The predicted octanol–water partition coefficient (Wildman–Crippen LogP) is 2.97. The van der Waals surface area contributed by atoms with E-state index in [2.05, 4.69) is 36.0 Å². The van der Waals surface area contributed by atoms with Crippen molar-refractivity contribution in [3.63, 3.8) is 0 Å². The molecule has 0 spiro atoms. The quantitative estimate of drug-likeness (QED) is 0.813. The molecule has 0 saturated carbocycles. The maximum absolute atomic E-state index is 11.4. The first kappa shape index (κ1) is 18.7. The lowest BCUT2D eigenvalue weighted by molar-refractivity contribution is 0.0948. The maximum atomic E-state index is 11.4. The number of nitrogens with zero attached hydrogens (tertiary/aromatic N) is 2. The van der Waals surface area contributed by atoms with Crippen LogP contribution in [0, 0.1) is 11.3 Å². The minimum Gasteiger partial charge on any atom is -0.492 e. The molecule has 1 aliphatic heterocycles. The first-order valence-corrected chi connectivity index (χ1v) is 8.93. The SMILES string of the molecule is CNC(=O)c1ccc(OCCCN2CCCC(C(C)(C)C)C2)cn1. The standard InChI is InChI=1S/C19H31N3O2/c1-19(2,3)15-7-5-10-22(14-15)11-6-12-24-16-8-9-17(21-13-16)18(23)20-4/h8-9,13,15H,5-7,10-12,14H2,1-4H3,(H,20,23). The molecule has 1 aromatic heterocycles. The minimum atomic E-state index is -0.181. The van der Waals surface area contributed by atoms with Gasteiger partial charge in [-0.1, -0.05) is 20.8 Å². The highest BCUT2D eigenvalue weighted by atomic mass is 16.5. The molecule has 2 heterocycles. The number of amides is 1. The van der Waals surface area contributed by atoms with Crippen molar-refractivity contribution in [3.05, 3.63) is 24.0 Å². The van der Waals surface area contributed by atoms with Gasteiger partial charge in [-0.05, 0) is 49.3 Å². The van der Waals surface area contributed by atoms with E-state index in [1.165, 1.54) is 25.9 Å². The Morgan fingerprint density at radius 1 is 1.42 bits per heavy atom. The van der Waals surface area contributed by atoms with Gasteiger partial charge < -0.3 is 15.0 Å². The Morgan fingerprint density at radius 2 is 2.21 bits per heavy atom. The van der Waals surface area contributed by atoms with E-state index in [1.54, 1.807) is 25.4 Å². The Balaban J connectivity index is 1.70. The molecule has 1 aromatic rings. The van der Waals surface area contributed by atoms with Gasteiger partial charge in [0.2, 0.25) is 0 Å². The summed E-state index contributed by atoms with van der Waals surface area (Å²) in [5.41, 5.74) is 0.805. The molecule has 5 nitrogen and oxygen atoms in total. The van der Waals surface area contributed by atoms with Crippen LogP contribution in [0.25, 0.3) is 0 Å². The summed E-state index contributed by atoms with van der Waals surface area (Å²) < 4.78 is 5.74. The summed E-state index contributed by atoms with van der Waals surface area (Å²) >= 11 is 0. The molecule has 0 bridgehead atoms. The van der Waals surface area contributed by atoms with E-state index in [0.717, 1.165) is 18.9 Å². The molecule has 1 unspecified atom stereocenters. The van der Waals surface area contributed by atoms with Crippen LogP contribution in [0.3, 0.4) is 0 Å². The van der Waals surface area contributed by atoms with Crippen molar-refractivity contribution in [2.75, 3.05) is 33.3 Å². The lowest BCUT2D eigenvalue weighted by atomic mass is 9.76. The number of carbonyl (C=O) groups excluding carboxylic acids is 1. The fraction of sp³-hybridized carbons (Fsp3) is 0.684. The number of piperidine rings is 1. The van der Waals surface area contributed by atoms with Gasteiger partial charge in [0.25, 0.3) is 5.91 Å². The summed E-state index contributed by atoms with van der Waals surface area (Å²) in [6.07, 6.45) is 5.27. The van der Waals surface area contributed by atoms with Crippen molar-refractivity contribution in [3.8, 4) is 5.75 Å². The second-order valence-electron chi connectivity index (χ2n) is 7.67. The van der Waals surface area contributed by atoms with Crippen LogP contribution in [0.5, 0.6) is 5.75 Å². The predicted molar refractivity (Wildman–Crippen MR) is 96.4 cm³/mol. The summed E-state index contributed by atoms with van der Waals surface area (Å²) in [6.45, 7) is 11.2. The lowest BCUT2D eigenvalue weighted by Crippen LogP contribution is -2.41. The van der Waals surface area contributed by atoms with E-state index >= 15 is 0 Å². The molecule has 5 heteroatoms. The number of carbonyl (C=O) groups is 1. The van der Waals surface area contributed by atoms with Crippen LogP contribution in [0.1, 0.15) is 50.5 Å². The normalized spacial score (nSPS) is 19.1. The van der Waals surface area contributed by atoms with Crippen LogP contribution >= 0.6 is 0 Å². The number of aromatic nitrogens is 1. The second-order valence-corrected chi connectivity index (χ2v) is 7.67. The molecule has 1 amide bonds. The highest BCUT2D eigenvalue weighted by Gasteiger charge is 2.29. The van der Waals surface area contributed by atoms with Crippen molar-refractivity contribution in [2.24, 2.45) is 11.3 Å². The van der Waals surface area contributed by atoms with E-state index in [-0.39, 0.29) is 5.91 Å². The Kier molecular flexibility index (Phi) is 6.60. The van der Waals surface area contributed by atoms with Crippen LogP contribution in [0.4, 0.5) is 0 Å². The third-order valence-electron chi connectivity index (χ3n) is 4.81. The molecule has 1 aliphatic rings. The number of hydrogen-bond donors (Lipinski definition) is 1. The van der Waals surface area contributed by atoms with Crippen molar-refractivity contribution in [2.45, 2.75) is 40.0 Å². The van der Waals surface area contributed by atoms with E-state index in [1.807, 2.05) is 0 Å². The number of likely N-dealkylation sites (tertiary alicyclic amines) is 1. The van der Waals surface area contributed by atoms with Gasteiger partial charge in [0.1, 0.15) is 11.4 Å². The average Bonchev–Trinajstić information content (AvgIpc) is 2.58. The van der Waals surface area contributed by atoms with Gasteiger partial charge in [0.15, 0.2) is 0 Å². The molecular weight excluding hydrogens is 302 g/mol. The Bertz CT molecular complexity index is 522. The Labute approximate surface area is 145 Å². The molecule has 0 aliphatic carbocycles. The molecular formula is C19H31N3O2. The molecule has 0 radical (unpaired) electrons. The summed E-state index contributed by atoms with van der Waals surface area (Å²) in [6, 6.07) is 3.49. The van der Waals surface area contributed by atoms with Crippen LogP contribution < -0.4 is 10.1 Å². The molecule has 1 atom stereocenters. The fourth-order valence-electron chi connectivity index (χ4n) is 3.17. The first-order valence-electron chi connectivity index (χ1n) is 8.93. The molecule has 1 saturated heterocycles. The Morgan fingerprint density at radius 3 is 2.83 bits per heavy atom. The molecule has 24 heavy (non-hydrogen) atoms. The third kappa shape index (κ3) is 5.48. The van der Waals surface area contributed by atoms with Crippen molar-refractivity contribution >= 4 is 5.91 Å². The largest absolute Gasteiger partial charge is 0.492 e. The number of hydrogen-bond acceptors (Lipinski definition) is 4. The first-order chi connectivity index (χ1) is 11.4. The fourth-order valence-corrected chi connectivity index (χ4v) is 3.17. The molecule has 1 fully saturated rings.